The third-order valence-electron chi connectivity index (χ3n) is 2.85. The average Bonchev–Trinajstić information content (AvgIpc) is 2.51. The molecule has 0 atom stereocenters. The molecule has 2 aliphatic rings. The van der Waals surface area contributed by atoms with Gasteiger partial charge in [0.25, 0.3) is 5.91 Å². The maximum atomic E-state index is 11.4. The van der Waals surface area contributed by atoms with Gasteiger partial charge in [0.15, 0.2) is 5.96 Å². The highest BCUT2D eigenvalue weighted by Crippen LogP contribution is 2.14. The molecule has 0 spiro atoms. The first kappa shape index (κ1) is 9.45. The molecule has 5 nitrogen and oxygen atoms in total. The summed E-state index contributed by atoms with van der Waals surface area (Å²) in [5, 5.41) is 3.30. The monoisotopic (exact) mass is 196 g/mol. The number of nitrogens with two attached hydrogens (primary N) is 1. The van der Waals surface area contributed by atoms with Gasteiger partial charge in [-0.05, 0) is 31.8 Å². The fraction of sp³-hybridized carbons (Fsp3) is 0.778. The molecule has 0 aromatic heterocycles. The van der Waals surface area contributed by atoms with Crippen molar-refractivity contribution in [1.29, 1.82) is 0 Å². The van der Waals surface area contributed by atoms with Crippen molar-refractivity contribution in [3.05, 3.63) is 0 Å². The van der Waals surface area contributed by atoms with Gasteiger partial charge in [-0.1, -0.05) is 0 Å². The Kier molecular flexibility index (Phi) is 2.67. The molecule has 2 heterocycles. The number of carbonyl (C=O) groups excluding carboxylic acids is 1. The lowest BCUT2D eigenvalue weighted by Crippen LogP contribution is -2.43. The molecule has 0 saturated carbocycles. The molecule has 1 fully saturated rings. The van der Waals surface area contributed by atoms with E-state index in [1.165, 1.54) is 0 Å². The number of nitrogens with one attached hydrogen (secondary N) is 1. The molecular weight excluding hydrogens is 180 g/mol. The number of aliphatic imine (C=N–C) groups is 1. The molecule has 2 rings (SSSR count). The lowest BCUT2D eigenvalue weighted by atomic mass is 9.98. The summed E-state index contributed by atoms with van der Waals surface area (Å²) < 4.78 is 0. The summed E-state index contributed by atoms with van der Waals surface area (Å²) in [6.07, 6.45) is 2.24. The van der Waals surface area contributed by atoms with E-state index in [4.69, 9.17) is 5.73 Å². The summed E-state index contributed by atoms with van der Waals surface area (Å²) in [7, 11) is 0. The summed E-state index contributed by atoms with van der Waals surface area (Å²) in [6.45, 7) is 3.07. The van der Waals surface area contributed by atoms with Gasteiger partial charge in [-0.15, -0.1) is 0 Å². The van der Waals surface area contributed by atoms with Crippen molar-refractivity contribution < 1.29 is 4.79 Å². The number of amides is 1. The minimum atomic E-state index is 0.0426. The molecule has 14 heavy (non-hydrogen) atoms. The molecule has 2 aliphatic heterocycles. The standard InChI is InChI=1S/C9H16N4O/c10-9-12-5-8(14)13(9)6-7-1-3-11-4-2-7/h7,11H,1-6H2,(H2,10,12). The Morgan fingerprint density at radius 3 is 2.79 bits per heavy atom. The minimum Gasteiger partial charge on any atom is -0.369 e. The zero-order valence-corrected chi connectivity index (χ0v) is 8.20. The van der Waals surface area contributed by atoms with Gasteiger partial charge in [0.2, 0.25) is 0 Å². The van der Waals surface area contributed by atoms with E-state index < -0.39 is 0 Å². The Morgan fingerprint density at radius 1 is 1.50 bits per heavy atom. The first-order chi connectivity index (χ1) is 6.77. The van der Waals surface area contributed by atoms with Crippen LogP contribution in [0.1, 0.15) is 12.8 Å². The lowest BCUT2D eigenvalue weighted by molar-refractivity contribution is -0.125. The van der Waals surface area contributed by atoms with E-state index in [-0.39, 0.29) is 12.5 Å². The maximum absolute atomic E-state index is 11.4. The summed E-state index contributed by atoms with van der Waals surface area (Å²) in [5.41, 5.74) is 5.63. The van der Waals surface area contributed by atoms with E-state index in [0.29, 0.717) is 11.9 Å². The van der Waals surface area contributed by atoms with Gasteiger partial charge in [0.05, 0.1) is 0 Å². The Morgan fingerprint density at radius 2 is 2.21 bits per heavy atom. The average molecular weight is 196 g/mol. The number of hydrogen-bond acceptors (Lipinski definition) is 4. The quantitative estimate of drug-likeness (QED) is 0.604. The Bertz CT molecular complexity index is 258. The van der Waals surface area contributed by atoms with E-state index in [2.05, 4.69) is 10.3 Å². The molecule has 0 aromatic rings. The Balaban J connectivity index is 1.89. The third-order valence-corrected chi connectivity index (χ3v) is 2.85. The highest BCUT2D eigenvalue weighted by Gasteiger charge is 2.26. The topological polar surface area (TPSA) is 70.7 Å². The third kappa shape index (κ3) is 1.87. The van der Waals surface area contributed by atoms with Crippen LogP contribution in [0.3, 0.4) is 0 Å². The van der Waals surface area contributed by atoms with Gasteiger partial charge >= 0.3 is 0 Å². The molecule has 0 aromatic carbocycles. The van der Waals surface area contributed by atoms with Crippen LogP contribution < -0.4 is 11.1 Å². The number of carbonyl (C=O) groups is 1. The Hall–Kier alpha value is -1.10. The molecule has 1 saturated heterocycles. The van der Waals surface area contributed by atoms with Crippen molar-refractivity contribution in [2.75, 3.05) is 26.2 Å². The van der Waals surface area contributed by atoms with Gasteiger partial charge in [0.1, 0.15) is 6.54 Å². The number of rotatable bonds is 2. The number of nitrogens with zero attached hydrogens (tertiary/aromatic N) is 2. The van der Waals surface area contributed by atoms with Crippen LogP contribution in [0.4, 0.5) is 0 Å². The van der Waals surface area contributed by atoms with E-state index in [0.717, 1.165) is 32.5 Å². The largest absolute Gasteiger partial charge is 0.369 e. The second-order valence-electron chi connectivity index (χ2n) is 3.87. The van der Waals surface area contributed by atoms with Crippen molar-refractivity contribution in [2.24, 2.45) is 16.6 Å². The van der Waals surface area contributed by atoms with E-state index in [9.17, 15) is 4.79 Å². The van der Waals surface area contributed by atoms with Crippen molar-refractivity contribution in [1.82, 2.24) is 10.2 Å². The van der Waals surface area contributed by atoms with E-state index in [1.54, 1.807) is 4.90 Å². The number of hydrogen-bond donors (Lipinski definition) is 2. The fourth-order valence-electron chi connectivity index (χ4n) is 1.96. The van der Waals surface area contributed by atoms with Gasteiger partial charge in [0, 0.05) is 6.54 Å². The summed E-state index contributed by atoms with van der Waals surface area (Å²) >= 11 is 0. The van der Waals surface area contributed by atoms with Gasteiger partial charge in [-0.25, -0.2) is 4.99 Å². The maximum Gasteiger partial charge on any atom is 0.251 e. The SMILES string of the molecule is NC1=NCC(=O)N1CC1CCNCC1. The molecule has 0 radical (unpaired) electrons. The van der Waals surface area contributed by atoms with Gasteiger partial charge in [-0.2, -0.15) is 0 Å². The first-order valence-electron chi connectivity index (χ1n) is 5.08. The predicted octanol–water partition coefficient (Wildman–Crippen LogP) is -0.857. The van der Waals surface area contributed by atoms with Crippen LogP contribution >= 0.6 is 0 Å². The number of guanidine groups is 1. The normalized spacial score (nSPS) is 24.1. The van der Waals surface area contributed by atoms with Crippen LogP contribution in [-0.2, 0) is 4.79 Å². The van der Waals surface area contributed by atoms with Gasteiger partial charge < -0.3 is 11.1 Å². The highest BCUT2D eigenvalue weighted by molar-refractivity contribution is 6.02. The molecule has 0 unspecified atom stereocenters. The zero-order chi connectivity index (χ0) is 9.97. The van der Waals surface area contributed by atoms with Crippen LogP contribution in [0.5, 0.6) is 0 Å². The van der Waals surface area contributed by atoms with Crippen LogP contribution in [0, 0.1) is 5.92 Å². The molecule has 1 amide bonds. The van der Waals surface area contributed by atoms with Crippen molar-refractivity contribution in [3.63, 3.8) is 0 Å². The van der Waals surface area contributed by atoms with Crippen molar-refractivity contribution >= 4 is 11.9 Å². The molecule has 0 aliphatic carbocycles. The van der Waals surface area contributed by atoms with Crippen LogP contribution in [-0.4, -0.2) is 42.9 Å². The summed E-state index contributed by atoms with van der Waals surface area (Å²) in [6, 6.07) is 0. The van der Waals surface area contributed by atoms with E-state index >= 15 is 0 Å². The second-order valence-corrected chi connectivity index (χ2v) is 3.87. The van der Waals surface area contributed by atoms with Crippen LogP contribution in [0.15, 0.2) is 4.99 Å². The minimum absolute atomic E-state index is 0.0426. The first-order valence-corrected chi connectivity index (χ1v) is 5.08. The molecule has 3 N–H and O–H groups in total. The molecular formula is C9H16N4O. The predicted molar refractivity (Wildman–Crippen MR) is 53.8 cm³/mol. The summed E-state index contributed by atoms with van der Waals surface area (Å²) in [4.78, 5) is 16.9. The van der Waals surface area contributed by atoms with E-state index in [1.807, 2.05) is 0 Å². The zero-order valence-electron chi connectivity index (χ0n) is 8.20. The summed E-state index contributed by atoms with van der Waals surface area (Å²) in [5.74, 6) is 1.02. The fourth-order valence-corrected chi connectivity index (χ4v) is 1.96. The molecule has 5 heteroatoms. The van der Waals surface area contributed by atoms with Crippen molar-refractivity contribution in [3.8, 4) is 0 Å². The highest BCUT2D eigenvalue weighted by atomic mass is 16.2. The van der Waals surface area contributed by atoms with Crippen LogP contribution in [0.2, 0.25) is 0 Å². The van der Waals surface area contributed by atoms with Gasteiger partial charge in [-0.3, -0.25) is 9.69 Å². The molecule has 78 valence electrons. The van der Waals surface area contributed by atoms with Crippen molar-refractivity contribution in [2.45, 2.75) is 12.8 Å². The Labute approximate surface area is 83.4 Å². The lowest BCUT2D eigenvalue weighted by Gasteiger charge is -2.26. The molecule has 0 bridgehead atoms. The smallest absolute Gasteiger partial charge is 0.251 e. The number of piperidine rings is 1. The van der Waals surface area contributed by atoms with Crippen LogP contribution in [0.25, 0.3) is 0 Å². The second kappa shape index (κ2) is 3.96.